The Kier molecular flexibility index (Phi) is 7.84. The summed E-state index contributed by atoms with van der Waals surface area (Å²) in [5.41, 5.74) is 0.674. The first-order valence-electron chi connectivity index (χ1n) is 7.34. The number of benzene rings is 1. The van der Waals surface area contributed by atoms with E-state index in [4.69, 9.17) is 14.6 Å². The Hall–Kier alpha value is -2.48. The average molecular weight is 340 g/mol. The summed E-state index contributed by atoms with van der Waals surface area (Å²) in [6, 6.07) is 5.51. The summed E-state index contributed by atoms with van der Waals surface area (Å²) in [7, 11) is 1.55. The smallest absolute Gasteiger partial charge is 0.290 e. The van der Waals surface area contributed by atoms with Crippen molar-refractivity contribution in [2.75, 3.05) is 26.8 Å². The van der Waals surface area contributed by atoms with E-state index in [0.717, 1.165) is 0 Å². The minimum Gasteiger partial charge on any atom is -0.483 e. The second-order valence-electron chi connectivity index (χ2n) is 5.19. The van der Waals surface area contributed by atoms with Crippen LogP contribution in [0.2, 0.25) is 0 Å². The molecule has 0 unspecified atom stereocenters. The van der Waals surface area contributed by atoms with Crippen LogP contribution in [0.5, 0.6) is 0 Å². The van der Waals surface area contributed by atoms with Crippen LogP contribution in [0.3, 0.4) is 0 Å². The summed E-state index contributed by atoms with van der Waals surface area (Å²) in [6.45, 7) is 2.52. The lowest BCUT2D eigenvalue weighted by Gasteiger charge is -2.38. The van der Waals surface area contributed by atoms with Gasteiger partial charge in [0.25, 0.3) is 6.47 Å². The molecule has 1 aliphatic heterocycles. The lowest BCUT2D eigenvalue weighted by Crippen LogP contribution is -2.58. The van der Waals surface area contributed by atoms with Gasteiger partial charge in [-0.25, -0.2) is 4.39 Å². The van der Waals surface area contributed by atoms with Crippen LogP contribution >= 0.6 is 0 Å². The quantitative estimate of drug-likeness (QED) is 0.799. The molecule has 2 amide bonds. The highest BCUT2D eigenvalue weighted by Gasteiger charge is 2.36. The third-order valence-corrected chi connectivity index (χ3v) is 3.59. The van der Waals surface area contributed by atoms with Crippen molar-refractivity contribution in [3.63, 3.8) is 0 Å². The third-order valence-electron chi connectivity index (χ3n) is 3.59. The summed E-state index contributed by atoms with van der Waals surface area (Å²) in [5.74, 6) is -0.594. The molecular weight excluding hydrogens is 319 g/mol. The molecule has 0 bridgehead atoms. The fraction of sp³-hybridized carbons (Fsp3) is 0.438. The van der Waals surface area contributed by atoms with Gasteiger partial charge in [-0.3, -0.25) is 14.4 Å². The van der Waals surface area contributed by atoms with E-state index in [2.05, 4.69) is 0 Å². The summed E-state index contributed by atoms with van der Waals surface area (Å²) in [4.78, 5) is 35.8. The van der Waals surface area contributed by atoms with Crippen molar-refractivity contribution in [2.45, 2.75) is 19.5 Å². The first-order valence-corrected chi connectivity index (χ1v) is 7.34. The van der Waals surface area contributed by atoms with Crippen LogP contribution in [0.25, 0.3) is 0 Å². The Bertz CT molecular complexity index is 581. The fourth-order valence-corrected chi connectivity index (χ4v) is 2.39. The van der Waals surface area contributed by atoms with Crippen LogP contribution in [0.4, 0.5) is 4.39 Å². The van der Waals surface area contributed by atoms with Crippen molar-refractivity contribution >= 4 is 18.3 Å². The molecule has 1 fully saturated rings. The fourth-order valence-electron chi connectivity index (χ4n) is 2.39. The Labute approximate surface area is 139 Å². The van der Waals surface area contributed by atoms with Gasteiger partial charge in [0.1, 0.15) is 11.9 Å². The van der Waals surface area contributed by atoms with Crippen molar-refractivity contribution in [1.82, 2.24) is 9.80 Å². The number of amides is 2. The number of carbonyl (C=O) groups excluding carboxylic acids is 2. The Morgan fingerprint density at radius 1 is 1.42 bits per heavy atom. The first kappa shape index (κ1) is 19.6. The molecule has 0 aromatic heterocycles. The van der Waals surface area contributed by atoms with Gasteiger partial charge in [-0.2, -0.15) is 0 Å². The van der Waals surface area contributed by atoms with Gasteiger partial charge >= 0.3 is 0 Å². The maximum Gasteiger partial charge on any atom is 0.290 e. The molecule has 0 spiro atoms. The van der Waals surface area contributed by atoms with Crippen molar-refractivity contribution in [2.24, 2.45) is 0 Å². The molecule has 0 radical (unpaired) electrons. The average Bonchev–Trinajstić information content (AvgIpc) is 2.54. The topological polar surface area (TPSA) is 87.2 Å². The first-order chi connectivity index (χ1) is 11.4. The largest absolute Gasteiger partial charge is 0.483 e. The molecule has 132 valence electrons. The monoisotopic (exact) mass is 340 g/mol. The van der Waals surface area contributed by atoms with Crippen LogP contribution in [0, 0.1) is 5.82 Å². The third kappa shape index (κ3) is 5.31. The van der Waals surface area contributed by atoms with Crippen molar-refractivity contribution in [3.8, 4) is 0 Å². The molecule has 2 rings (SSSR count). The molecule has 1 atom stereocenters. The second kappa shape index (κ2) is 9.61. The normalized spacial score (nSPS) is 17.4. The molecule has 1 aromatic carbocycles. The molecule has 8 heteroatoms. The number of halogens is 1. The summed E-state index contributed by atoms with van der Waals surface area (Å²) < 4.78 is 18.1. The Morgan fingerprint density at radius 3 is 2.67 bits per heavy atom. The number of ether oxygens (including phenoxy) is 1. The number of carboxylic acid groups (broad SMARTS) is 1. The summed E-state index contributed by atoms with van der Waals surface area (Å²) in [6.07, 6.45) is 0. The van der Waals surface area contributed by atoms with Gasteiger partial charge in [-0.1, -0.05) is 12.1 Å². The molecular formula is C16H21FN2O5. The van der Waals surface area contributed by atoms with Gasteiger partial charge in [-0.15, -0.1) is 0 Å². The zero-order chi connectivity index (χ0) is 18.1. The lowest BCUT2D eigenvalue weighted by atomic mass is 10.1. The SMILES string of the molecule is COCCN1CC(=O)N(Cc2cccc(F)c2)[C@@H](C)C1=O.O=CO. The Morgan fingerprint density at radius 2 is 2.08 bits per heavy atom. The second-order valence-corrected chi connectivity index (χ2v) is 5.19. The lowest BCUT2D eigenvalue weighted by molar-refractivity contribution is -0.156. The molecule has 7 nitrogen and oxygen atoms in total. The van der Waals surface area contributed by atoms with E-state index in [-0.39, 0.29) is 37.2 Å². The predicted octanol–water partition coefficient (Wildman–Crippen LogP) is 0.732. The van der Waals surface area contributed by atoms with E-state index in [0.29, 0.717) is 18.7 Å². The molecule has 24 heavy (non-hydrogen) atoms. The van der Waals surface area contributed by atoms with E-state index in [1.807, 2.05) is 0 Å². The maximum atomic E-state index is 13.2. The van der Waals surface area contributed by atoms with E-state index >= 15 is 0 Å². The van der Waals surface area contributed by atoms with E-state index < -0.39 is 6.04 Å². The standard InChI is InChI=1S/C15H19FN2O3.CH2O2/c1-11-15(20)17(6-7-21-2)10-14(19)18(11)9-12-4-3-5-13(16)8-12;2-1-3/h3-5,8,11H,6-7,9-10H2,1-2H3;1H,(H,2,3)/t11-;/m0./s1. The molecule has 0 saturated carbocycles. The van der Waals surface area contributed by atoms with Crippen LogP contribution in [0.15, 0.2) is 24.3 Å². The number of hydrogen-bond donors (Lipinski definition) is 1. The number of hydrogen-bond acceptors (Lipinski definition) is 4. The number of methoxy groups -OCH3 is 1. The van der Waals surface area contributed by atoms with E-state index in [9.17, 15) is 14.0 Å². The minimum absolute atomic E-state index is 0.0435. The highest BCUT2D eigenvalue weighted by atomic mass is 19.1. The Balaban J connectivity index is 0.000000891. The van der Waals surface area contributed by atoms with Crippen molar-refractivity contribution < 1.29 is 28.6 Å². The number of piperazine rings is 1. The number of carbonyl (C=O) groups is 3. The maximum absolute atomic E-state index is 13.2. The highest BCUT2D eigenvalue weighted by molar-refractivity contribution is 5.94. The molecule has 1 aromatic rings. The molecule has 0 aliphatic carbocycles. The van der Waals surface area contributed by atoms with Gasteiger partial charge < -0.3 is 19.6 Å². The summed E-state index contributed by atoms with van der Waals surface area (Å²) >= 11 is 0. The molecule has 1 heterocycles. The predicted molar refractivity (Wildman–Crippen MR) is 83.6 cm³/mol. The molecule has 1 saturated heterocycles. The highest BCUT2D eigenvalue weighted by Crippen LogP contribution is 2.16. The van der Waals surface area contributed by atoms with Crippen molar-refractivity contribution in [3.05, 3.63) is 35.6 Å². The van der Waals surface area contributed by atoms with Gasteiger partial charge in [0.05, 0.1) is 13.2 Å². The van der Waals surface area contributed by atoms with Crippen LogP contribution in [-0.2, 0) is 25.7 Å². The number of rotatable bonds is 5. The van der Waals surface area contributed by atoms with Crippen LogP contribution in [-0.4, -0.2) is 66.0 Å². The number of nitrogens with zero attached hydrogens (tertiary/aromatic N) is 2. The van der Waals surface area contributed by atoms with E-state index in [1.165, 1.54) is 21.9 Å². The van der Waals surface area contributed by atoms with Gasteiger partial charge in [-0.05, 0) is 24.6 Å². The van der Waals surface area contributed by atoms with Gasteiger partial charge in [0, 0.05) is 20.2 Å². The molecule has 1 aliphatic rings. The van der Waals surface area contributed by atoms with Gasteiger partial charge in [0.15, 0.2) is 0 Å². The zero-order valence-electron chi connectivity index (χ0n) is 13.6. The van der Waals surface area contributed by atoms with Gasteiger partial charge in [0.2, 0.25) is 11.8 Å². The van der Waals surface area contributed by atoms with Crippen LogP contribution < -0.4 is 0 Å². The minimum atomic E-state index is -0.550. The van der Waals surface area contributed by atoms with E-state index in [1.54, 1.807) is 26.2 Å². The van der Waals surface area contributed by atoms with Crippen molar-refractivity contribution in [1.29, 1.82) is 0 Å². The summed E-state index contributed by atoms with van der Waals surface area (Å²) in [5, 5.41) is 6.89. The molecule has 1 N–H and O–H groups in total. The van der Waals surface area contributed by atoms with Crippen LogP contribution in [0.1, 0.15) is 12.5 Å². The zero-order valence-corrected chi connectivity index (χ0v) is 13.6.